The van der Waals surface area contributed by atoms with Crippen molar-refractivity contribution < 1.29 is 17.6 Å². The van der Waals surface area contributed by atoms with Crippen LogP contribution in [-0.2, 0) is 9.84 Å². The van der Waals surface area contributed by atoms with Crippen LogP contribution in [-0.4, -0.2) is 47.8 Å². The number of carbonyl (C=O) groups excluding carboxylic acids is 1. The van der Waals surface area contributed by atoms with Crippen molar-refractivity contribution in [2.24, 2.45) is 0 Å². The van der Waals surface area contributed by atoms with Crippen LogP contribution >= 0.6 is 0 Å². The quantitative estimate of drug-likeness (QED) is 0.825. The van der Waals surface area contributed by atoms with Crippen molar-refractivity contribution in [3.05, 3.63) is 17.8 Å². The lowest BCUT2D eigenvalue weighted by atomic mass is 10.1. The molecular formula is C13H20N2O4S. The van der Waals surface area contributed by atoms with E-state index in [0.717, 1.165) is 0 Å². The molecule has 0 aliphatic carbocycles. The van der Waals surface area contributed by atoms with Crippen molar-refractivity contribution in [3.63, 3.8) is 0 Å². The van der Waals surface area contributed by atoms with Crippen LogP contribution in [0.5, 0.6) is 0 Å². The van der Waals surface area contributed by atoms with Crippen LogP contribution in [0.3, 0.4) is 0 Å². The van der Waals surface area contributed by atoms with Crippen molar-refractivity contribution in [2.45, 2.75) is 44.9 Å². The molecule has 0 aromatic carbocycles. The van der Waals surface area contributed by atoms with Gasteiger partial charge in [0.25, 0.3) is 5.91 Å². The maximum absolute atomic E-state index is 12.6. The zero-order valence-corrected chi connectivity index (χ0v) is 13.0. The van der Waals surface area contributed by atoms with Crippen LogP contribution in [0.25, 0.3) is 0 Å². The van der Waals surface area contributed by atoms with Gasteiger partial charge >= 0.3 is 0 Å². The molecule has 2 unspecified atom stereocenters. The summed E-state index contributed by atoms with van der Waals surface area (Å²) in [6.07, 6.45) is 1.26. The lowest BCUT2D eigenvalue weighted by Crippen LogP contribution is -2.54. The van der Waals surface area contributed by atoms with E-state index in [4.69, 9.17) is 4.42 Å². The molecule has 1 aliphatic heterocycles. The van der Waals surface area contributed by atoms with Gasteiger partial charge < -0.3 is 9.32 Å². The Bertz CT molecular complexity index is 606. The van der Waals surface area contributed by atoms with Gasteiger partial charge in [0.15, 0.2) is 21.9 Å². The highest BCUT2D eigenvalue weighted by molar-refractivity contribution is 7.92. The van der Waals surface area contributed by atoms with Crippen LogP contribution in [0.1, 0.15) is 49.9 Å². The predicted octanol–water partition coefficient (Wildman–Crippen LogP) is 1.45. The first-order valence-corrected chi connectivity index (χ1v) is 8.43. The summed E-state index contributed by atoms with van der Waals surface area (Å²) in [7, 11) is -3.11. The van der Waals surface area contributed by atoms with E-state index in [9.17, 15) is 13.2 Å². The summed E-state index contributed by atoms with van der Waals surface area (Å²) in [5.41, 5.74) is 0.290. The average molecular weight is 300 g/mol. The Morgan fingerprint density at radius 3 is 2.70 bits per heavy atom. The molecule has 7 heteroatoms. The van der Waals surface area contributed by atoms with Crippen molar-refractivity contribution in [3.8, 4) is 0 Å². The highest BCUT2D eigenvalue weighted by Crippen LogP contribution is 2.24. The fraction of sp³-hybridized carbons (Fsp3) is 0.692. The van der Waals surface area contributed by atoms with E-state index in [1.807, 2.05) is 13.8 Å². The maximum atomic E-state index is 12.6. The molecule has 112 valence electrons. The van der Waals surface area contributed by atoms with Gasteiger partial charge in [0.05, 0.1) is 11.0 Å². The highest BCUT2D eigenvalue weighted by Gasteiger charge is 2.39. The minimum absolute atomic E-state index is 0.000883. The van der Waals surface area contributed by atoms with Gasteiger partial charge in [-0.25, -0.2) is 13.4 Å². The van der Waals surface area contributed by atoms with Gasteiger partial charge in [-0.05, 0) is 13.8 Å². The molecule has 1 aliphatic rings. The highest BCUT2D eigenvalue weighted by atomic mass is 32.2. The summed E-state index contributed by atoms with van der Waals surface area (Å²) in [6, 6.07) is -0.363. The fourth-order valence-corrected chi connectivity index (χ4v) is 3.99. The number of aromatic nitrogens is 1. The van der Waals surface area contributed by atoms with Crippen molar-refractivity contribution in [1.29, 1.82) is 0 Å². The largest absolute Gasteiger partial charge is 0.447 e. The number of nitrogens with zero attached hydrogens (tertiary/aromatic N) is 2. The smallest absolute Gasteiger partial charge is 0.276 e. The van der Waals surface area contributed by atoms with E-state index < -0.39 is 15.1 Å². The third-order valence-corrected chi connectivity index (χ3v) is 6.22. The molecule has 2 rings (SSSR count). The molecule has 1 aromatic heterocycles. The molecule has 6 nitrogen and oxygen atoms in total. The van der Waals surface area contributed by atoms with Gasteiger partial charge in [-0.15, -0.1) is 0 Å². The molecule has 1 saturated heterocycles. The zero-order valence-electron chi connectivity index (χ0n) is 12.2. The fourth-order valence-electron chi connectivity index (χ4n) is 2.42. The first-order chi connectivity index (χ1) is 9.25. The minimum Gasteiger partial charge on any atom is -0.447 e. The number of hydrogen-bond acceptors (Lipinski definition) is 5. The lowest BCUT2D eigenvalue weighted by molar-refractivity contribution is 0.0685. The van der Waals surface area contributed by atoms with Gasteiger partial charge in [-0.2, -0.15) is 0 Å². The van der Waals surface area contributed by atoms with Crippen LogP contribution in [0.15, 0.2) is 10.8 Å². The summed E-state index contributed by atoms with van der Waals surface area (Å²) in [4.78, 5) is 18.1. The van der Waals surface area contributed by atoms with Gasteiger partial charge in [-0.3, -0.25) is 4.79 Å². The van der Waals surface area contributed by atoms with Gasteiger partial charge in [0.1, 0.15) is 5.76 Å². The molecular weight excluding hydrogens is 280 g/mol. The van der Waals surface area contributed by atoms with Crippen molar-refractivity contribution >= 4 is 15.7 Å². The van der Waals surface area contributed by atoms with Gasteiger partial charge in [-0.1, -0.05) is 13.8 Å². The van der Waals surface area contributed by atoms with Crippen LogP contribution in [0.4, 0.5) is 0 Å². The van der Waals surface area contributed by atoms with E-state index in [1.165, 1.54) is 6.39 Å². The monoisotopic (exact) mass is 300 g/mol. The third-order valence-electron chi connectivity index (χ3n) is 3.94. The molecule has 0 bridgehead atoms. The van der Waals surface area contributed by atoms with E-state index in [2.05, 4.69) is 4.98 Å². The molecule has 1 aromatic rings. The summed E-state index contributed by atoms with van der Waals surface area (Å²) in [6.45, 7) is 7.45. The Labute approximate surface area is 119 Å². The van der Waals surface area contributed by atoms with E-state index in [1.54, 1.807) is 18.7 Å². The summed E-state index contributed by atoms with van der Waals surface area (Å²) >= 11 is 0. The van der Waals surface area contributed by atoms with E-state index in [0.29, 0.717) is 11.5 Å². The van der Waals surface area contributed by atoms with Gasteiger partial charge in [0, 0.05) is 18.5 Å². The Hall–Kier alpha value is -1.37. The molecule has 0 saturated carbocycles. The minimum atomic E-state index is -3.11. The average Bonchev–Trinajstić information content (AvgIpc) is 2.85. The second-order valence-corrected chi connectivity index (χ2v) is 8.01. The second-order valence-electron chi connectivity index (χ2n) is 5.53. The Morgan fingerprint density at radius 2 is 2.10 bits per heavy atom. The number of carbonyl (C=O) groups is 1. The van der Waals surface area contributed by atoms with Crippen molar-refractivity contribution in [1.82, 2.24) is 9.88 Å². The molecule has 2 heterocycles. The summed E-state index contributed by atoms with van der Waals surface area (Å²) in [5, 5.41) is -0.561. The molecule has 0 radical (unpaired) electrons. The maximum Gasteiger partial charge on any atom is 0.276 e. The SMILES string of the molecule is CC(C)c1ocnc1C(=O)N1CCS(=O)(=O)C(C)C1C. The molecule has 0 spiro atoms. The number of sulfone groups is 1. The number of rotatable bonds is 2. The van der Waals surface area contributed by atoms with Gasteiger partial charge in [0.2, 0.25) is 0 Å². The Balaban J connectivity index is 2.28. The molecule has 20 heavy (non-hydrogen) atoms. The molecule has 1 fully saturated rings. The zero-order chi connectivity index (χ0) is 15.1. The lowest BCUT2D eigenvalue weighted by Gasteiger charge is -2.37. The normalized spacial score (nSPS) is 25.9. The summed E-state index contributed by atoms with van der Waals surface area (Å²) in [5.74, 6) is 0.344. The number of oxazole rings is 1. The van der Waals surface area contributed by atoms with Crippen molar-refractivity contribution in [2.75, 3.05) is 12.3 Å². The molecule has 1 amide bonds. The second kappa shape index (κ2) is 5.20. The van der Waals surface area contributed by atoms with Crippen LogP contribution in [0.2, 0.25) is 0 Å². The summed E-state index contributed by atoms with van der Waals surface area (Å²) < 4.78 is 29.0. The van der Waals surface area contributed by atoms with E-state index >= 15 is 0 Å². The Kier molecular flexibility index (Phi) is 3.90. The molecule has 2 atom stereocenters. The van der Waals surface area contributed by atoms with Crippen LogP contribution in [0, 0.1) is 0 Å². The first-order valence-electron chi connectivity index (χ1n) is 6.71. The topological polar surface area (TPSA) is 80.5 Å². The number of hydrogen-bond donors (Lipinski definition) is 0. The first kappa shape index (κ1) is 15.0. The standard InChI is InChI=1S/C13H20N2O4S/c1-8(2)12-11(14-7-19-12)13(16)15-5-6-20(17,18)10(4)9(15)3/h7-10H,5-6H2,1-4H3. The number of amides is 1. The molecule has 0 N–H and O–H groups in total. The third kappa shape index (κ3) is 2.46. The van der Waals surface area contributed by atoms with E-state index in [-0.39, 0.29) is 30.2 Å². The predicted molar refractivity (Wildman–Crippen MR) is 74.3 cm³/mol. The Morgan fingerprint density at radius 1 is 1.45 bits per heavy atom. The van der Waals surface area contributed by atoms with Crippen LogP contribution < -0.4 is 0 Å².